The van der Waals surface area contributed by atoms with E-state index >= 15 is 0 Å². The van der Waals surface area contributed by atoms with Crippen molar-refractivity contribution in [2.24, 2.45) is 0 Å². The van der Waals surface area contributed by atoms with Crippen LogP contribution in [0.15, 0.2) is 30.3 Å². The Morgan fingerprint density at radius 2 is 1.80 bits per heavy atom. The minimum atomic E-state index is -3.17. The molecule has 1 amide bonds. The summed E-state index contributed by atoms with van der Waals surface area (Å²) in [5.74, 6) is 0.217. The lowest BCUT2D eigenvalue weighted by molar-refractivity contribution is -0.136. The standard InChI is InChI=1S/C21H22Cl3NO4S/c1-13-7-18(8-14(2)21(13)24)29-11-20(26)25(17-5-6-30(27,28)12-17)10-15-3-4-16(22)9-19(15)23/h3-4,7-9,17H,5-6,10-12H2,1-2H3/t17-/m0/s1. The van der Waals surface area contributed by atoms with Crippen LogP contribution >= 0.6 is 34.8 Å². The Morgan fingerprint density at radius 3 is 2.37 bits per heavy atom. The van der Waals surface area contributed by atoms with Crippen molar-refractivity contribution in [2.45, 2.75) is 32.9 Å². The summed E-state index contributed by atoms with van der Waals surface area (Å²) in [5, 5.41) is 1.57. The molecule has 1 atom stereocenters. The van der Waals surface area contributed by atoms with Crippen molar-refractivity contribution in [1.82, 2.24) is 4.90 Å². The third kappa shape index (κ3) is 5.61. The van der Waals surface area contributed by atoms with Gasteiger partial charge in [-0.3, -0.25) is 4.79 Å². The number of amides is 1. The van der Waals surface area contributed by atoms with Gasteiger partial charge in [0.05, 0.1) is 11.5 Å². The molecule has 2 aromatic carbocycles. The summed E-state index contributed by atoms with van der Waals surface area (Å²) in [6, 6.07) is 8.13. The third-order valence-corrected chi connectivity index (χ3v) is 8.03. The second kappa shape index (κ2) is 9.35. The van der Waals surface area contributed by atoms with Crippen LogP contribution in [0.25, 0.3) is 0 Å². The van der Waals surface area contributed by atoms with E-state index in [0.717, 1.165) is 11.1 Å². The maximum atomic E-state index is 13.0. The predicted molar refractivity (Wildman–Crippen MR) is 120 cm³/mol. The first kappa shape index (κ1) is 23.2. The number of hydrogen-bond donors (Lipinski definition) is 0. The Morgan fingerprint density at radius 1 is 1.13 bits per heavy atom. The molecule has 1 aliphatic heterocycles. The lowest BCUT2D eigenvalue weighted by atomic mass is 10.1. The van der Waals surface area contributed by atoms with Gasteiger partial charge in [-0.15, -0.1) is 0 Å². The summed E-state index contributed by atoms with van der Waals surface area (Å²) in [7, 11) is -3.17. The molecule has 0 bridgehead atoms. The number of carbonyl (C=O) groups excluding carboxylic acids is 1. The van der Waals surface area contributed by atoms with Crippen LogP contribution in [0.3, 0.4) is 0 Å². The summed E-state index contributed by atoms with van der Waals surface area (Å²) in [4.78, 5) is 14.6. The Bertz CT molecular complexity index is 1050. The van der Waals surface area contributed by atoms with E-state index < -0.39 is 15.9 Å². The van der Waals surface area contributed by atoms with E-state index in [1.165, 1.54) is 4.90 Å². The molecule has 0 N–H and O–H groups in total. The van der Waals surface area contributed by atoms with Crippen molar-refractivity contribution in [1.29, 1.82) is 0 Å². The molecule has 30 heavy (non-hydrogen) atoms. The maximum Gasteiger partial charge on any atom is 0.261 e. The summed E-state index contributed by atoms with van der Waals surface area (Å²) in [5.41, 5.74) is 2.40. The van der Waals surface area contributed by atoms with E-state index in [9.17, 15) is 13.2 Å². The summed E-state index contributed by atoms with van der Waals surface area (Å²) in [6.45, 7) is 3.68. The minimum Gasteiger partial charge on any atom is -0.484 e. The van der Waals surface area contributed by atoms with Crippen molar-refractivity contribution < 1.29 is 17.9 Å². The SMILES string of the molecule is Cc1cc(OCC(=O)N(Cc2ccc(Cl)cc2Cl)[C@H]2CCS(=O)(=O)C2)cc(C)c1Cl. The monoisotopic (exact) mass is 489 g/mol. The average Bonchev–Trinajstić information content (AvgIpc) is 3.03. The number of rotatable bonds is 6. The number of benzene rings is 2. The van der Waals surface area contributed by atoms with Gasteiger partial charge in [-0.25, -0.2) is 8.42 Å². The Hall–Kier alpha value is -1.47. The zero-order valence-electron chi connectivity index (χ0n) is 16.6. The zero-order chi connectivity index (χ0) is 22.1. The van der Waals surface area contributed by atoms with Gasteiger partial charge in [-0.1, -0.05) is 40.9 Å². The van der Waals surface area contributed by atoms with Gasteiger partial charge in [0.15, 0.2) is 16.4 Å². The van der Waals surface area contributed by atoms with Gasteiger partial charge in [0, 0.05) is 27.7 Å². The molecular weight excluding hydrogens is 469 g/mol. The van der Waals surface area contributed by atoms with Crippen LogP contribution in [0.1, 0.15) is 23.1 Å². The lowest BCUT2D eigenvalue weighted by Crippen LogP contribution is -2.43. The molecule has 9 heteroatoms. The van der Waals surface area contributed by atoms with E-state index in [2.05, 4.69) is 0 Å². The van der Waals surface area contributed by atoms with Gasteiger partial charge in [-0.05, 0) is 61.2 Å². The van der Waals surface area contributed by atoms with Gasteiger partial charge in [-0.2, -0.15) is 0 Å². The highest BCUT2D eigenvalue weighted by molar-refractivity contribution is 7.91. The number of hydrogen-bond acceptors (Lipinski definition) is 4. The maximum absolute atomic E-state index is 13.0. The average molecular weight is 491 g/mol. The van der Waals surface area contributed by atoms with Gasteiger partial charge < -0.3 is 9.64 Å². The molecule has 1 aliphatic rings. The molecule has 2 aromatic rings. The molecule has 0 saturated carbocycles. The topological polar surface area (TPSA) is 63.7 Å². The largest absolute Gasteiger partial charge is 0.484 e. The molecule has 5 nitrogen and oxygen atoms in total. The molecule has 1 fully saturated rings. The second-order valence-electron chi connectivity index (χ2n) is 7.47. The molecule has 3 rings (SSSR count). The van der Waals surface area contributed by atoms with Gasteiger partial charge >= 0.3 is 0 Å². The molecule has 0 aromatic heterocycles. The molecular formula is C21H22Cl3NO4S. The highest BCUT2D eigenvalue weighted by atomic mass is 35.5. The second-order valence-corrected chi connectivity index (χ2v) is 10.9. The number of halogens is 3. The fourth-order valence-electron chi connectivity index (χ4n) is 3.49. The normalized spacial score (nSPS) is 17.7. The van der Waals surface area contributed by atoms with Crippen LogP contribution in [0.5, 0.6) is 5.75 Å². The predicted octanol–water partition coefficient (Wildman–Crippen LogP) is 4.86. The van der Waals surface area contributed by atoms with E-state index in [0.29, 0.717) is 32.8 Å². The Labute approximate surface area is 191 Å². The summed E-state index contributed by atoms with van der Waals surface area (Å²) in [6.07, 6.45) is 0.387. The van der Waals surface area contributed by atoms with Crippen LogP contribution < -0.4 is 4.74 Å². The van der Waals surface area contributed by atoms with Crippen molar-refractivity contribution >= 4 is 50.5 Å². The molecule has 0 aliphatic carbocycles. The highest BCUT2D eigenvalue weighted by Crippen LogP contribution is 2.28. The summed E-state index contributed by atoms with van der Waals surface area (Å²) >= 11 is 18.4. The Kier molecular flexibility index (Phi) is 7.23. The van der Waals surface area contributed by atoms with Crippen molar-refractivity contribution in [3.8, 4) is 5.75 Å². The van der Waals surface area contributed by atoms with Crippen molar-refractivity contribution in [2.75, 3.05) is 18.1 Å². The first-order valence-electron chi connectivity index (χ1n) is 9.39. The molecule has 0 unspecified atom stereocenters. The number of carbonyl (C=O) groups is 1. The lowest BCUT2D eigenvalue weighted by Gasteiger charge is -2.29. The van der Waals surface area contributed by atoms with Crippen LogP contribution in [-0.2, 0) is 21.2 Å². The van der Waals surface area contributed by atoms with E-state index in [-0.39, 0.29) is 30.6 Å². The molecule has 1 saturated heterocycles. The highest BCUT2D eigenvalue weighted by Gasteiger charge is 2.35. The first-order chi connectivity index (χ1) is 14.1. The third-order valence-electron chi connectivity index (χ3n) is 5.10. The fourth-order valence-corrected chi connectivity index (χ4v) is 5.80. The summed E-state index contributed by atoms with van der Waals surface area (Å²) < 4.78 is 29.7. The first-order valence-corrected chi connectivity index (χ1v) is 12.3. The van der Waals surface area contributed by atoms with E-state index in [1.807, 2.05) is 13.8 Å². The van der Waals surface area contributed by atoms with Crippen molar-refractivity contribution in [3.05, 3.63) is 62.1 Å². The van der Waals surface area contributed by atoms with E-state index in [1.54, 1.807) is 30.3 Å². The molecule has 0 radical (unpaired) electrons. The van der Waals surface area contributed by atoms with Gasteiger partial charge in [0.1, 0.15) is 5.75 Å². The smallest absolute Gasteiger partial charge is 0.261 e. The number of sulfone groups is 1. The molecule has 1 heterocycles. The van der Waals surface area contributed by atoms with Crippen LogP contribution in [0.4, 0.5) is 0 Å². The number of ether oxygens (including phenoxy) is 1. The minimum absolute atomic E-state index is 0.0617. The molecule has 0 spiro atoms. The zero-order valence-corrected chi connectivity index (χ0v) is 19.7. The molecule has 162 valence electrons. The van der Waals surface area contributed by atoms with Crippen LogP contribution in [-0.4, -0.2) is 43.4 Å². The number of nitrogens with zero attached hydrogens (tertiary/aromatic N) is 1. The number of aryl methyl sites for hydroxylation is 2. The fraction of sp³-hybridized carbons (Fsp3) is 0.381. The van der Waals surface area contributed by atoms with Crippen molar-refractivity contribution in [3.63, 3.8) is 0 Å². The Balaban J connectivity index is 1.79. The quantitative estimate of drug-likeness (QED) is 0.580. The van der Waals surface area contributed by atoms with Gasteiger partial charge in [0.2, 0.25) is 0 Å². The van der Waals surface area contributed by atoms with Crippen LogP contribution in [0, 0.1) is 13.8 Å². The van der Waals surface area contributed by atoms with E-state index in [4.69, 9.17) is 39.5 Å². The van der Waals surface area contributed by atoms with Gasteiger partial charge in [0.25, 0.3) is 5.91 Å². The van der Waals surface area contributed by atoms with Crippen LogP contribution in [0.2, 0.25) is 15.1 Å².